The quantitative estimate of drug-likeness (QED) is 0.544. The molecule has 2 rings (SSSR count). The van der Waals surface area contributed by atoms with Crippen LogP contribution in [-0.2, 0) is 7.05 Å². The number of aldehydes is 1. The summed E-state index contributed by atoms with van der Waals surface area (Å²) < 4.78 is 2.45. The van der Waals surface area contributed by atoms with Crippen molar-refractivity contribution in [2.24, 2.45) is 12.2 Å². The second kappa shape index (κ2) is 2.77. The van der Waals surface area contributed by atoms with Gasteiger partial charge in [-0.3, -0.25) is 4.79 Å². The first-order chi connectivity index (χ1) is 6.29. The van der Waals surface area contributed by atoms with E-state index in [0.29, 0.717) is 12.0 Å². The molecule has 0 aliphatic carbocycles. The molecule has 0 unspecified atom stereocenters. The molecular formula is C8H6N2O2S. The lowest BCUT2D eigenvalue weighted by atomic mass is 10.4. The fraction of sp³-hybridized carbons (Fsp3) is 0.125. The Morgan fingerprint density at radius 1 is 1.62 bits per heavy atom. The minimum Gasteiger partial charge on any atom is -0.339 e. The number of rotatable bonds is 2. The SMILES string of the molecule is Cn1c(C=O)c(N=O)c2sccc21. The van der Waals surface area contributed by atoms with Crippen molar-refractivity contribution in [3.8, 4) is 0 Å². The third kappa shape index (κ3) is 0.936. The van der Waals surface area contributed by atoms with Gasteiger partial charge in [-0.15, -0.1) is 16.2 Å². The minimum absolute atomic E-state index is 0.252. The Morgan fingerprint density at radius 3 is 3.00 bits per heavy atom. The Kier molecular flexibility index (Phi) is 1.73. The highest BCUT2D eigenvalue weighted by Gasteiger charge is 2.15. The van der Waals surface area contributed by atoms with Crippen molar-refractivity contribution >= 4 is 33.5 Å². The Bertz CT molecular complexity index is 484. The van der Waals surface area contributed by atoms with Gasteiger partial charge in [0.2, 0.25) is 0 Å². The van der Waals surface area contributed by atoms with Gasteiger partial charge in [0.05, 0.1) is 10.2 Å². The summed E-state index contributed by atoms with van der Waals surface area (Å²) in [4.78, 5) is 21.2. The van der Waals surface area contributed by atoms with Gasteiger partial charge in [-0.05, 0) is 16.6 Å². The maximum atomic E-state index is 10.7. The molecule has 4 nitrogen and oxygen atoms in total. The molecule has 0 spiro atoms. The summed E-state index contributed by atoms with van der Waals surface area (Å²) in [6.07, 6.45) is 0.656. The van der Waals surface area contributed by atoms with Crippen LogP contribution in [0, 0.1) is 4.91 Å². The van der Waals surface area contributed by atoms with Crippen LogP contribution in [0.4, 0.5) is 5.69 Å². The highest BCUT2D eigenvalue weighted by atomic mass is 32.1. The van der Waals surface area contributed by atoms with Gasteiger partial charge in [0.15, 0.2) is 12.0 Å². The molecule has 2 aromatic heterocycles. The molecule has 0 aliphatic rings. The van der Waals surface area contributed by atoms with Crippen LogP contribution in [0.25, 0.3) is 10.2 Å². The first-order valence-corrected chi connectivity index (χ1v) is 4.52. The molecule has 2 aromatic rings. The second-order valence-electron chi connectivity index (χ2n) is 2.64. The second-order valence-corrected chi connectivity index (χ2v) is 3.55. The summed E-state index contributed by atoms with van der Waals surface area (Å²) >= 11 is 1.42. The number of hydrogen-bond donors (Lipinski definition) is 0. The molecular weight excluding hydrogens is 188 g/mol. The largest absolute Gasteiger partial charge is 0.339 e. The average Bonchev–Trinajstić information content (AvgIpc) is 2.67. The number of aryl methyl sites for hydroxylation is 1. The van der Waals surface area contributed by atoms with Crippen LogP contribution in [-0.4, -0.2) is 10.9 Å². The smallest absolute Gasteiger partial charge is 0.168 e. The highest BCUT2D eigenvalue weighted by Crippen LogP contribution is 2.35. The Labute approximate surface area is 77.8 Å². The van der Waals surface area contributed by atoms with E-state index in [0.717, 1.165) is 10.2 Å². The minimum atomic E-state index is 0.252. The van der Waals surface area contributed by atoms with Crippen molar-refractivity contribution < 1.29 is 4.79 Å². The molecule has 0 bridgehead atoms. The maximum Gasteiger partial charge on any atom is 0.168 e. The zero-order chi connectivity index (χ0) is 9.42. The van der Waals surface area contributed by atoms with Crippen LogP contribution in [0.3, 0.4) is 0 Å². The van der Waals surface area contributed by atoms with Crippen LogP contribution < -0.4 is 0 Å². The zero-order valence-corrected chi connectivity index (χ0v) is 7.67. The predicted octanol–water partition coefficient (Wildman–Crippen LogP) is 2.45. The molecule has 0 aromatic carbocycles. The lowest BCUT2D eigenvalue weighted by Gasteiger charge is -1.93. The number of carbonyl (C=O) groups is 1. The molecule has 0 fully saturated rings. The van der Waals surface area contributed by atoms with Gasteiger partial charge in [0.1, 0.15) is 5.69 Å². The summed E-state index contributed by atoms with van der Waals surface area (Å²) in [5.41, 5.74) is 1.47. The van der Waals surface area contributed by atoms with E-state index in [4.69, 9.17) is 0 Å². The molecule has 0 N–H and O–H groups in total. The lowest BCUT2D eigenvalue weighted by molar-refractivity contribution is 0.111. The van der Waals surface area contributed by atoms with Gasteiger partial charge in [-0.2, -0.15) is 0 Å². The molecule has 5 heteroatoms. The van der Waals surface area contributed by atoms with Gasteiger partial charge >= 0.3 is 0 Å². The normalized spacial score (nSPS) is 10.5. The van der Waals surface area contributed by atoms with Crippen molar-refractivity contribution in [1.29, 1.82) is 0 Å². The highest BCUT2D eigenvalue weighted by molar-refractivity contribution is 7.17. The molecule has 0 aliphatic heterocycles. The fourth-order valence-electron chi connectivity index (χ4n) is 1.37. The number of thiophene rings is 1. The fourth-order valence-corrected chi connectivity index (χ4v) is 2.28. The van der Waals surface area contributed by atoms with Crippen molar-refractivity contribution in [2.45, 2.75) is 0 Å². The van der Waals surface area contributed by atoms with Crippen molar-refractivity contribution in [1.82, 2.24) is 4.57 Å². The first-order valence-electron chi connectivity index (χ1n) is 3.64. The predicted molar refractivity (Wildman–Crippen MR) is 51.6 cm³/mol. The number of nitrogens with zero attached hydrogens (tertiary/aromatic N) is 2. The number of nitroso groups, excluding NO2 is 1. The van der Waals surface area contributed by atoms with Crippen molar-refractivity contribution in [2.75, 3.05) is 0 Å². The summed E-state index contributed by atoms with van der Waals surface area (Å²) in [5.74, 6) is 0. The van der Waals surface area contributed by atoms with Crippen LogP contribution in [0.2, 0.25) is 0 Å². The lowest BCUT2D eigenvalue weighted by Crippen LogP contribution is -1.92. The number of aromatic nitrogens is 1. The molecule has 0 saturated carbocycles. The summed E-state index contributed by atoms with van der Waals surface area (Å²) in [6.45, 7) is 0. The van der Waals surface area contributed by atoms with Crippen LogP contribution in [0.1, 0.15) is 10.5 Å². The van der Waals surface area contributed by atoms with E-state index in [1.165, 1.54) is 11.3 Å². The summed E-state index contributed by atoms with van der Waals surface area (Å²) in [7, 11) is 1.74. The van der Waals surface area contributed by atoms with E-state index in [1.807, 2.05) is 11.4 Å². The molecule has 2 heterocycles. The number of carbonyl (C=O) groups excluding carboxylic acids is 1. The van der Waals surface area contributed by atoms with Crippen LogP contribution in [0.5, 0.6) is 0 Å². The van der Waals surface area contributed by atoms with E-state index >= 15 is 0 Å². The van der Waals surface area contributed by atoms with E-state index < -0.39 is 0 Å². The standard InChI is InChI=1S/C8H6N2O2S/c1-10-5-2-3-13-8(5)7(9-12)6(10)4-11/h2-4H,1H3. The third-order valence-electron chi connectivity index (χ3n) is 2.03. The monoisotopic (exact) mass is 194 g/mol. The molecule has 0 radical (unpaired) electrons. The average molecular weight is 194 g/mol. The van der Waals surface area contributed by atoms with Gasteiger partial charge in [-0.1, -0.05) is 0 Å². The van der Waals surface area contributed by atoms with Gasteiger partial charge in [0.25, 0.3) is 0 Å². The number of fused-ring (bicyclic) bond motifs is 1. The Balaban J connectivity index is 2.95. The topological polar surface area (TPSA) is 51.4 Å². The van der Waals surface area contributed by atoms with E-state index in [1.54, 1.807) is 11.6 Å². The Hall–Kier alpha value is -1.49. The molecule has 0 saturated heterocycles. The Morgan fingerprint density at radius 2 is 2.38 bits per heavy atom. The first kappa shape index (κ1) is 8.12. The van der Waals surface area contributed by atoms with Gasteiger partial charge < -0.3 is 4.57 Å². The summed E-state index contributed by atoms with van der Waals surface area (Å²) in [5, 5.41) is 4.74. The van der Waals surface area contributed by atoms with E-state index in [9.17, 15) is 9.70 Å². The molecule has 66 valence electrons. The van der Waals surface area contributed by atoms with Crippen molar-refractivity contribution in [3.05, 3.63) is 22.0 Å². The third-order valence-corrected chi connectivity index (χ3v) is 2.94. The van der Waals surface area contributed by atoms with Crippen LogP contribution in [0.15, 0.2) is 16.6 Å². The van der Waals surface area contributed by atoms with Crippen molar-refractivity contribution in [3.63, 3.8) is 0 Å². The summed E-state index contributed by atoms with van der Waals surface area (Å²) in [6, 6.07) is 1.86. The zero-order valence-electron chi connectivity index (χ0n) is 6.85. The van der Waals surface area contributed by atoms with E-state index in [-0.39, 0.29) is 5.69 Å². The van der Waals surface area contributed by atoms with E-state index in [2.05, 4.69) is 5.18 Å². The van der Waals surface area contributed by atoms with Gasteiger partial charge in [0, 0.05) is 7.05 Å². The molecule has 0 amide bonds. The van der Waals surface area contributed by atoms with Gasteiger partial charge in [-0.25, -0.2) is 0 Å². The maximum absolute atomic E-state index is 10.7. The number of hydrogen-bond acceptors (Lipinski definition) is 4. The molecule has 0 atom stereocenters. The van der Waals surface area contributed by atoms with Crippen LogP contribution >= 0.6 is 11.3 Å². The molecule has 13 heavy (non-hydrogen) atoms.